The van der Waals surface area contributed by atoms with Gasteiger partial charge in [-0.1, -0.05) is 20.3 Å². The second kappa shape index (κ2) is 9.42. The lowest BCUT2D eigenvalue weighted by Gasteiger charge is -2.22. The lowest BCUT2D eigenvalue weighted by atomic mass is 9.99. The molecular formula is C10H21ClN2O3. The lowest BCUT2D eigenvalue weighted by Crippen LogP contribution is -2.47. The highest BCUT2D eigenvalue weighted by molar-refractivity contribution is 5.85. The van der Waals surface area contributed by atoms with Crippen molar-refractivity contribution in [1.82, 2.24) is 5.32 Å². The van der Waals surface area contributed by atoms with E-state index in [0.717, 1.165) is 6.42 Å². The molecule has 16 heavy (non-hydrogen) atoms. The molecule has 0 spiro atoms. The zero-order valence-electron chi connectivity index (χ0n) is 9.99. The average Bonchev–Trinajstić information content (AvgIpc) is 2.24. The Kier molecular flexibility index (Phi) is 10.3. The molecule has 0 aromatic rings. The molecule has 3 N–H and O–H groups in total. The van der Waals surface area contributed by atoms with Crippen LogP contribution in [0.3, 0.4) is 0 Å². The molecule has 0 aromatic heterocycles. The minimum atomic E-state index is -0.592. The van der Waals surface area contributed by atoms with Gasteiger partial charge in [0.1, 0.15) is 6.04 Å². The maximum absolute atomic E-state index is 11.5. The number of amides is 1. The molecule has 0 aliphatic carbocycles. The molecule has 0 fully saturated rings. The fourth-order valence-electron chi connectivity index (χ4n) is 1.13. The minimum absolute atomic E-state index is 0. The SMILES string of the molecule is CCOC(=O)C(NC(=O)CN)C(C)CC.Cl. The van der Waals surface area contributed by atoms with Gasteiger partial charge in [0.2, 0.25) is 5.91 Å². The maximum Gasteiger partial charge on any atom is 0.328 e. The number of halogens is 1. The Morgan fingerprint density at radius 3 is 2.31 bits per heavy atom. The van der Waals surface area contributed by atoms with Crippen molar-refractivity contribution in [3.63, 3.8) is 0 Å². The molecule has 2 unspecified atom stereocenters. The second-order valence-electron chi connectivity index (χ2n) is 3.39. The molecule has 0 aromatic carbocycles. The van der Waals surface area contributed by atoms with Crippen molar-refractivity contribution in [2.24, 2.45) is 11.7 Å². The van der Waals surface area contributed by atoms with Gasteiger partial charge >= 0.3 is 5.97 Å². The summed E-state index contributed by atoms with van der Waals surface area (Å²) in [4.78, 5) is 22.6. The summed E-state index contributed by atoms with van der Waals surface area (Å²) in [5, 5.41) is 2.56. The topological polar surface area (TPSA) is 81.4 Å². The van der Waals surface area contributed by atoms with Crippen LogP contribution in [0, 0.1) is 5.92 Å². The van der Waals surface area contributed by atoms with Crippen LogP contribution in [0.25, 0.3) is 0 Å². The number of hydrogen-bond acceptors (Lipinski definition) is 4. The monoisotopic (exact) mass is 252 g/mol. The Hall–Kier alpha value is -0.810. The van der Waals surface area contributed by atoms with E-state index in [1.165, 1.54) is 0 Å². The van der Waals surface area contributed by atoms with Crippen LogP contribution in [0.2, 0.25) is 0 Å². The van der Waals surface area contributed by atoms with E-state index in [1.807, 2.05) is 13.8 Å². The van der Waals surface area contributed by atoms with E-state index in [-0.39, 0.29) is 30.8 Å². The first-order valence-corrected chi connectivity index (χ1v) is 5.22. The summed E-state index contributed by atoms with van der Waals surface area (Å²) >= 11 is 0. The third-order valence-electron chi connectivity index (χ3n) is 2.26. The number of ether oxygens (including phenoxy) is 1. The van der Waals surface area contributed by atoms with Crippen molar-refractivity contribution in [3.8, 4) is 0 Å². The standard InChI is InChI=1S/C10H20N2O3.ClH/c1-4-7(3)9(10(14)15-5-2)12-8(13)6-11;/h7,9H,4-6,11H2,1-3H3,(H,12,13);1H. The van der Waals surface area contributed by atoms with Gasteiger partial charge < -0.3 is 15.8 Å². The summed E-state index contributed by atoms with van der Waals surface area (Å²) in [6, 6.07) is -0.592. The molecule has 0 radical (unpaired) electrons. The van der Waals surface area contributed by atoms with Crippen molar-refractivity contribution in [3.05, 3.63) is 0 Å². The van der Waals surface area contributed by atoms with Gasteiger partial charge in [0.25, 0.3) is 0 Å². The summed E-state index contributed by atoms with van der Waals surface area (Å²) < 4.78 is 4.88. The molecule has 0 rings (SSSR count). The van der Waals surface area contributed by atoms with Crippen LogP contribution in [-0.4, -0.2) is 31.1 Å². The molecule has 2 atom stereocenters. The van der Waals surface area contributed by atoms with Crippen molar-refractivity contribution < 1.29 is 14.3 Å². The summed E-state index contributed by atoms with van der Waals surface area (Å²) in [6.07, 6.45) is 0.786. The van der Waals surface area contributed by atoms with Crippen LogP contribution in [-0.2, 0) is 14.3 Å². The average molecular weight is 253 g/mol. The second-order valence-corrected chi connectivity index (χ2v) is 3.39. The van der Waals surface area contributed by atoms with E-state index in [4.69, 9.17) is 10.5 Å². The van der Waals surface area contributed by atoms with E-state index in [0.29, 0.717) is 6.61 Å². The number of carbonyl (C=O) groups excluding carboxylic acids is 2. The number of rotatable bonds is 6. The summed E-state index contributed by atoms with van der Waals surface area (Å²) in [7, 11) is 0. The lowest BCUT2D eigenvalue weighted by molar-refractivity contribution is -0.148. The van der Waals surface area contributed by atoms with Crippen LogP contribution < -0.4 is 11.1 Å². The van der Waals surface area contributed by atoms with Crippen molar-refractivity contribution >= 4 is 24.3 Å². The highest BCUT2D eigenvalue weighted by Crippen LogP contribution is 2.09. The molecule has 0 saturated carbocycles. The zero-order chi connectivity index (χ0) is 11.8. The molecule has 1 amide bonds. The number of carbonyl (C=O) groups is 2. The normalized spacial score (nSPS) is 13.2. The largest absolute Gasteiger partial charge is 0.464 e. The Bertz CT molecular complexity index is 224. The predicted octanol–water partition coefficient (Wildman–Crippen LogP) is 0.461. The van der Waals surface area contributed by atoms with Crippen molar-refractivity contribution in [2.45, 2.75) is 33.2 Å². The van der Waals surface area contributed by atoms with Gasteiger partial charge in [-0.05, 0) is 12.8 Å². The van der Waals surface area contributed by atoms with Crippen LogP contribution in [0.1, 0.15) is 27.2 Å². The van der Waals surface area contributed by atoms with Gasteiger partial charge in [0.15, 0.2) is 0 Å². The zero-order valence-corrected chi connectivity index (χ0v) is 10.8. The minimum Gasteiger partial charge on any atom is -0.464 e. The third kappa shape index (κ3) is 5.92. The quantitative estimate of drug-likeness (QED) is 0.673. The van der Waals surface area contributed by atoms with Gasteiger partial charge in [0, 0.05) is 0 Å². The van der Waals surface area contributed by atoms with E-state index in [1.54, 1.807) is 6.92 Å². The molecule has 0 saturated heterocycles. The number of hydrogen-bond donors (Lipinski definition) is 2. The Morgan fingerprint density at radius 2 is 1.94 bits per heavy atom. The molecular weight excluding hydrogens is 232 g/mol. The van der Waals surface area contributed by atoms with Crippen LogP contribution in [0.15, 0.2) is 0 Å². The first kappa shape index (κ1) is 17.6. The van der Waals surface area contributed by atoms with Gasteiger partial charge in [-0.2, -0.15) is 0 Å². The van der Waals surface area contributed by atoms with E-state index in [9.17, 15) is 9.59 Å². The van der Waals surface area contributed by atoms with Gasteiger partial charge in [0.05, 0.1) is 13.2 Å². The number of nitrogens with two attached hydrogens (primary N) is 1. The van der Waals surface area contributed by atoms with Gasteiger partial charge in [-0.15, -0.1) is 12.4 Å². The van der Waals surface area contributed by atoms with Crippen LogP contribution >= 0.6 is 12.4 Å². The Labute approximate surface area is 103 Å². The van der Waals surface area contributed by atoms with Crippen molar-refractivity contribution in [2.75, 3.05) is 13.2 Å². The Balaban J connectivity index is 0. The Morgan fingerprint density at radius 1 is 1.38 bits per heavy atom. The van der Waals surface area contributed by atoms with Gasteiger partial charge in [-0.3, -0.25) is 4.79 Å². The smallest absolute Gasteiger partial charge is 0.328 e. The summed E-state index contributed by atoms with van der Waals surface area (Å²) in [5.41, 5.74) is 5.17. The molecule has 0 bridgehead atoms. The number of nitrogens with one attached hydrogen (secondary N) is 1. The fraction of sp³-hybridized carbons (Fsp3) is 0.800. The van der Waals surface area contributed by atoms with Gasteiger partial charge in [-0.25, -0.2) is 4.79 Å². The van der Waals surface area contributed by atoms with Crippen LogP contribution in [0.5, 0.6) is 0 Å². The highest BCUT2D eigenvalue weighted by Gasteiger charge is 2.26. The van der Waals surface area contributed by atoms with E-state index in [2.05, 4.69) is 5.32 Å². The molecule has 0 aliphatic heterocycles. The molecule has 6 heteroatoms. The van der Waals surface area contributed by atoms with Crippen molar-refractivity contribution in [1.29, 1.82) is 0 Å². The third-order valence-corrected chi connectivity index (χ3v) is 2.26. The molecule has 96 valence electrons. The highest BCUT2D eigenvalue weighted by atomic mass is 35.5. The maximum atomic E-state index is 11.5. The first-order chi connectivity index (χ1) is 7.06. The van der Waals surface area contributed by atoms with Crippen LogP contribution in [0.4, 0.5) is 0 Å². The fourth-order valence-corrected chi connectivity index (χ4v) is 1.13. The molecule has 0 heterocycles. The summed E-state index contributed by atoms with van der Waals surface area (Å²) in [5.74, 6) is -0.693. The first-order valence-electron chi connectivity index (χ1n) is 5.22. The predicted molar refractivity (Wildman–Crippen MR) is 64.3 cm³/mol. The van der Waals surface area contributed by atoms with E-state index >= 15 is 0 Å². The number of esters is 1. The van der Waals surface area contributed by atoms with E-state index < -0.39 is 12.0 Å². The molecule has 0 aliphatic rings. The molecule has 5 nitrogen and oxygen atoms in total. The summed E-state index contributed by atoms with van der Waals surface area (Å²) in [6.45, 7) is 5.76.